The summed E-state index contributed by atoms with van der Waals surface area (Å²) in [5.41, 5.74) is 3.16. The molecule has 0 fully saturated rings. The van der Waals surface area contributed by atoms with Gasteiger partial charge in [-0.2, -0.15) is 0 Å². The molecule has 0 spiro atoms. The van der Waals surface area contributed by atoms with Crippen LogP contribution in [0.1, 0.15) is 26.3 Å². The smallest absolute Gasteiger partial charge is 0.338 e. The van der Waals surface area contributed by atoms with Gasteiger partial charge in [0.05, 0.1) is 5.92 Å². The van der Waals surface area contributed by atoms with Crippen molar-refractivity contribution in [3.63, 3.8) is 0 Å². The topological polar surface area (TPSA) is 52.6 Å². The van der Waals surface area contributed by atoms with Gasteiger partial charge in [-0.05, 0) is 54.8 Å². The first-order valence-corrected chi connectivity index (χ1v) is 8.08. The molecule has 0 aliphatic rings. The molecule has 0 radical (unpaired) electrons. The summed E-state index contributed by atoms with van der Waals surface area (Å²) >= 11 is 0. The third-order valence-corrected chi connectivity index (χ3v) is 3.60. The summed E-state index contributed by atoms with van der Waals surface area (Å²) in [5.74, 6) is 0.168. The second-order valence-electron chi connectivity index (χ2n) is 6.25. The molecule has 0 saturated carbocycles. The van der Waals surface area contributed by atoms with Gasteiger partial charge in [-0.3, -0.25) is 4.79 Å². The molecule has 4 heteroatoms. The number of carbonyl (C=O) groups excluding carboxylic acids is 2. The number of hydrogen-bond donors (Lipinski definition) is 0. The third-order valence-electron chi connectivity index (χ3n) is 3.60. The van der Waals surface area contributed by atoms with Gasteiger partial charge in [-0.1, -0.05) is 38.6 Å². The number of carbonyl (C=O) groups is 2. The molecule has 0 saturated heterocycles. The monoisotopic (exact) mass is 338 g/mol. The molecule has 0 bridgehead atoms. The van der Waals surface area contributed by atoms with Crippen LogP contribution < -0.4 is 9.47 Å². The first kappa shape index (κ1) is 18.5. The van der Waals surface area contributed by atoms with Crippen molar-refractivity contribution in [3.8, 4) is 22.6 Å². The largest absolute Gasteiger partial charge is 0.426 e. The van der Waals surface area contributed by atoms with E-state index in [1.165, 1.54) is 0 Å². The lowest BCUT2D eigenvalue weighted by molar-refractivity contribution is -0.137. The molecule has 130 valence electrons. The van der Waals surface area contributed by atoms with E-state index in [9.17, 15) is 9.59 Å². The van der Waals surface area contributed by atoms with Crippen LogP contribution in [-0.2, 0) is 9.59 Å². The summed E-state index contributed by atoms with van der Waals surface area (Å²) < 4.78 is 10.6. The molecule has 4 nitrogen and oxygen atoms in total. The highest BCUT2D eigenvalue weighted by Gasteiger charge is 2.11. The van der Waals surface area contributed by atoms with Crippen molar-refractivity contribution in [2.45, 2.75) is 27.7 Å². The second-order valence-corrected chi connectivity index (χ2v) is 6.25. The van der Waals surface area contributed by atoms with Crippen molar-refractivity contribution >= 4 is 11.9 Å². The summed E-state index contributed by atoms with van der Waals surface area (Å²) in [4.78, 5) is 23.2. The molecule has 0 atom stereocenters. The Morgan fingerprint density at radius 1 is 0.960 bits per heavy atom. The van der Waals surface area contributed by atoms with Gasteiger partial charge in [0, 0.05) is 5.57 Å². The summed E-state index contributed by atoms with van der Waals surface area (Å²) in [6.07, 6.45) is 0. The lowest BCUT2D eigenvalue weighted by Gasteiger charge is -2.10. The molecule has 2 rings (SSSR count). The van der Waals surface area contributed by atoms with Gasteiger partial charge in [-0.15, -0.1) is 0 Å². The maximum absolute atomic E-state index is 11.6. The molecular formula is C21H22O4. The van der Waals surface area contributed by atoms with Gasteiger partial charge >= 0.3 is 11.9 Å². The van der Waals surface area contributed by atoms with Crippen LogP contribution in [0.3, 0.4) is 0 Å². The molecule has 0 heterocycles. The molecule has 2 aromatic rings. The molecule has 2 aromatic carbocycles. The van der Waals surface area contributed by atoms with Crippen LogP contribution in [0.2, 0.25) is 0 Å². The molecule has 0 aliphatic carbocycles. The van der Waals surface area contributed by atoms with Crippen LogP contribution in [0.15, 0.2) is 54.6 Å². The maximum Gasteiger partial charge on any atom is 0.338 e. The van der Waals surface area contributed by atoms with Crippen LogP contribution in [0.25, 0.3) is 11.1 Å². The standard InChI is InChI=1S/C21H22O4/c1-13(2)20(22)24-18-9-6-16(7-10-18)17-8-11-19(15(5)12-17)25-21(23)14(3)4/h6-13H,3H2,1-2,4-5H3. The van der Waals surface area contributed by atoms with Crippen LogP contribution in [0.4, 0.5) is 0 Å². The van der Waals surface area contributed by atoms with Crippen LogP contribution in [-0.4, -0.2) is 11.9 Å². The first-order valence-electron chi connectivity index (χ1n) is 8.08. The van der Waals surface area contributed by atoms with Crippen LogP contribution >= 0.6 is 0 Å². The fourth-order valence-corrected chi connectivity index (χ4v) is 2.08. The average Bonchev–Trinajstić information content (AvgIpc) is 2.57. The van der Waals surface area contributed by atoms with E-state index in [-0.39, 0.29) is 11.9 Å². The highest BCUT2D eigenvalue weighted by Crippen LogP contribution is 2.28. The molecule has 0 amide bonds. The predicted molar refractivity (Wildman–Crippen MR) is 97.5 cm³/mol. The number of aryl methyl sites for hydroxylation is 1. The third kappa shape index (κ3) is 4.80. The second kappa shape index (κ2) is 7.79. The van der Waals surface area contributed by atoms with Gasteiger partial charge in [0.1, 0.15) is 11.5 Å². The summed E-state index contributed by atoms with van der Waals surface area (Å²) in [6.45, 7) is 10.7. The summed E-state index contributed by atoms with van der Waals surface area (Å²) in [6, 6.07) is 12.9. The minimum Gasteiger partial charge on any atom is -0.426 e. The highest BCUT2D eigenvalue weighted by molar-refractivity contribution is 5.89. The Morgan fingerprint density at radius 3 is 2.08 bits per heavy atom. The zero-order chi connectivity index (χ0) is 18.6. The van der Waals surface area contributed by atoms with Crippen molar-refractivity contribution in [2.24, 2.45) is 5.92 Å². The van der Waals surface area contributed by atoms with Crippen molar-refractivity contribution in [2.75, 3.05) is 0 Å². The van der Waals surface area contributed by atoms with E-state index in [0.29, 0.717) is 17.1 Å². The Morgan fingerprint density at radius 2 is 1.56 bits per heavy atom. The van der Waals surface area contributed by atoms with Crippen molar-refractivity contribution < 1.29 is 19.1 Å². The number of ether oxygens (including phenoxy) is 2. The lowest BCUT2D eigenvalue weighted by atomic mass is 10.0. The fraction of sp³-hybridized carbons (Fsp3) is 0.238. The van der Waals surface area contributed by atoms with Gasteiger partial charge in [0.2, 0.25) is 0 Å². The van der Waals surface area contributed by atoms with Crippen LogP contribution in [0.5, 0.6) is 11.5 Å². The van der Waals surface area contributed by atoms with E-state index in [2.05, 4.69) is 6.58 Å². The highest BCUT2D eigenvalue weighted by atomic mass is 16.5. The lowest BCUT2D eigenvalue weighted by Crippen LogP contribution is -2.14. The number of hydrogen-bond acceptors (Lipinski definition) is 4. The minimum atomic E-state index is -0.438. The van der Waals surface area contributed by atoms with Gasteiger partial charge in [0.15, 0.2) is 0 Å². The van der Waals surface area contributed by atoms with Gasteiger partial charge < -0.3 is 9.47 Å². The fourth-order valence-electron chi connectivity index (χ4n) is 2.08. The molecule has 0 unspecified atom stereocenters. The normalized spacial score (nSPS) is 10.4. The SMILES string of the molecule is C=C(C)C(=O)Oc1ccc(-c2ccc(OC(=O)C(C)C)cc2)cc1C. The maximum atomic E-state index is 11.6. The molecule has 0 aromatic heterocycles. The molecule has 25 heavy (non-hydrogen) atoms. The molecular weight excluding hydrogens is 316 g/mol. The minimum absolute atomic E-state index is 0.170. The zero-order valence-electron chi connectivity index (χ0n) is 15.0. The quantitative estimate of drug-likeness (QED) is 0.450. The Bertz CT molecular complexity index is 801. The van der Waals surface area contributed by atoms with Crippen LogP contribution in [0, 0.1) is 12.8 Å². The number of rotatable bonds is 5. The first-order chi connectivity index (χ1) is 11.8. The number of esters is 2. The van der Waals surface area contributed by atoms with Crippen molar-refractivity contribution in [1.82, 2.24) is 0 Å². The van der Waals surface area contributed by atoms with Crippen molar-refractivity contribution in [1.29, 1.82) is 0 Å². The average molecular weight is 338 g/mol. The molecule has 0 aliphatic heterocycles. The number of benzene rings is 2. The Labute approximate surface area is 148 Å². The molecule has 0 N–H and O–H groups in total. The van der Waals surface area contributed by atoms with E-state index in [1.54, 1.807) is 39.0 Å². The Hall–Kier alpha value is -2.88. The van der Waals surface area contributed by atoms with E-state index in [4.69, 9.17) is 9.47 Å². The van der Waals surface area contributed by atoms with E-state index >= 15 is 0 Å². The summed E-state index contributed by atoms with van der Waals surface area (Å²) in [5, 5.41) is 0. The van der Waals surface area contributed by atoms with E-state index in [0.717, 1.165) is 16.7 Å². The van der Waals surface area contributed by atoms with E-state index < -0.39 is 5.97 Å². The summed E-state index contributed by atoms with van der Waals surface area (Å²) in [7, 11) is 0. The van der Waals surface area contributed by atoms with Crippen molar-refractivity contribution in [3.05, 3.63) is 60.2 Å². The van der Waals surface area contributed by atoms with Gasteiger partial charge in [-0.25, -0.2) is 4.79 Å². The predicted octanol–water partition coefficient (Wildman–Crippen LogP) is 4.70. The van der Waals surface area contributed by atoms with Gasteiger partial charge in [0.25, 0.3) is 0 Å². The Balaban J connectivity index is 2.16. The zero-order valence-corrected chi connectivity index (χ0v) is 15.0. The van der Waals surface area contributed by atoms with E-state index in [1.807, 2.05) is 31.2 Å². The Kier molecular flexibility index (Phi) is 5.75.